The maximum Gasteiger partial charge on any atom is 0.320 e. The predicted molar refractivity (Wildman–Crippen MR) is 109 cm³/mol. The van der Waals surface area contributed by atoms with Crippen molar-refractivity contribution in [3.05, 3.63) is 24.3 Å². The molecule has 1 aromatic rings. The van der Waals surface area contributed by atoms with Crippen molar-refractivity contribution in [1.29, 1.82) is 0 Å². The number of sulfonamides is 1. The number of nitrogens with one attached hydrogen (secondary N) is 1. The lowest BCUT2D eigenvalue weighted by molar-refractivity contribution is -0.145. The molecule has 1 amide bonds. The Bertz CT molecular complexity index is 766. The molecule has 10 heteroatoms. The Kier molecular flexibility index (Phi) is 9.35. The zero-order valence-corrected chi connectivity index (χ0v) is 17.8. The molecule has 1 atom stereocenters. The maximum atomic E-state index is 12.5. The second-order valence-corrected chi connectivity index (χ2v) is 8.42. The number of piperidine rings is 1. The number of anilines is 1. The Hall–Kier alpha value is -1.68. The van der Waals surface area contributed by atoms with E-state index in [0.717, 1.165) is 12.8 Å². The van der Waals surface area contributed by atoms with Gasteiger partial charge >= 0.3 is 5.97 Å². The summed E-state index contributed by atoms with van der Waals surface area (Å²) in [5.74, 6) is -1.23. The number of halogens is 1. The first-order chi connectivity index (χ1) is 12.8. The van der Waals surface area contributed by atoms with Gasteiger partial charge in [-0.3, -0.25) is 14.5 Å². The summed E-state index contributed by atoms with van der Waals surface area (Å²) in [6.07, 6.45) is 2.26. The van der Waals surface area contributed by atoms with Crippen LogP contribution in [0.25, 0.3) is 0 Å². The highest BCUT2D eigenvalue weighted by Gasteiger charge is 2.29. The van der Waals surface area contributed by atoms with Gasteiger partial charge in [0.1, 0.15) is 6.04 Å². The quantitative estimate of drug-likeness (QED) is 0.649. The van der Waals surface area contributed by atoms with Crippen molar-refractivity contribution in [1.82, 2.24) is 9.21 Å². The monoisotopic (exact) mass is 433 g/mol. The highest BCUT2D eigenvalue weighted by atomic mass is 35.5. The third-order valence-electron chi connectivity index (χ3n) is 4.73. The number of hydrogen-bond acceptors (Lipinski definition) is 5. The number of amides is 1. The molecule has 0 radical (unpaired) electrons. The second-order valence-electron chi connectivity index (χ2n) is 6.48. The van der Waals surface area contributed by atoms with Crippen molar-refractivity contribution < 1.29 is 23.1 Å². The molecule has 1 aromatic carbocycles. The first kappa shape index (κ1) is 24.4. The van der Waals surface area contributed by atoms with E-state index < -0.39 is 22.0 Å². The summed E-state index contributed by atoms with van der Waals surface area (Å²) < 4.78 is 26.3. The van der Waals surface area contributed by atoms with Gasteiger partial charge in [0.15, 0.2) is 0 Å². The van der Waals surface area contributed by atoms with E-state index in [9.17, 15) is 23.1 Å². The number of carboxylic acid groups (broad SMARTS) is 1. The Morgan fingerprint density at radius 2 is 1.79 bits per heavy atom. The summed E-state index contributed by atoms with van der Waals surface area (Å²) >= 11 is 0. The van der Waals surface area contributed by atoms with E-state index in [1.807, 2.05) is 0 Å². The van der Waals surface area contributed by atoms with Crippen molar-refractivity contribution in [2.45, 2.75) is 44.0 Å². The molecule has 28 heavy (non-hydrogen) atoms. The molecule has 0 bridgehead atoms. The lowest BCUT2D eigenvalue weighted by Gasteiger charge is -2.32. The molecule has 1 heterocycles. The van der Waals surface area contributed by atoms with Crippen LogP contribution in [0, 0.1) is 0 Å². The second kappa shape index (κ2) is 10.8. The van der Waals surface area contributed by atoms with Gasteiger partial charge in [-0.05, 0) is 43.7 Å². The van der Waals surface area contributed by atoms with Gasteiger partial charge in [-0.15, -0.1) is 12.4 Å². The lowest BCUT2D eigenvalue weighted by atomic mass is 10.0. The van der Waals surface area contributed by atoms with Crippen molar-refractivity contribution in [3.8, 4) is 0 Å². The van der Waals surface area contributed by atoms with E-state index in [1.165, 1.54) is 16.4 Å². The van der Waals surface area contributed by atoms with Crippen LogP contribution < -0.4 is 5.32 Å². The van der Waals surface area contributed by atoms with Gasteiger partial charge in [0.2, 0.25) is 15.9 Å². The molecule has 1 unspecified atom stereocenters. The van der Waals surface area contributed by atoms with Crippen molar-refractivity contribution in [2.75, 3.05) is 31.5 Å². The Balaban J connectivity index is 0.00000392. The average Bonchev–Trinajstić information content (AvgIpc) is 2.63. The molecule has 2 N–H and O–H groups in total. The number of likely N-dealkylation sites (tertiary alicyclic amines) is 1. The van der Waals surface area contributed by atoms with Crippen LogP contribution in [0.1, 0.15) is 33.1 Å². The third kappa shape index (κ3) is 5.91. The van der Waals surface area contributed by atoms with Crippen LogP contribution in [0.15, 0.2) is 29.2 Å². The number of benzene rings is 1. The summed E-state index contributed by atoms with van der Waals surface area (Å²) in [4.78, 5) is 25.4. The normalized spacial score (nSPS) is 17.8. The lowest BCUT2D eigenvalue weighted by Crippen LogP contribution is -2.47. The molecule has 0 aliphatic carbocycles. The molecular formula is C18H28ClN3O5S. The minimum atomic E-state index is -3.54. The van der Waals surface area contributed by atoms with Crippen LogP contribution >= 0.6 is 12.4 Å². The van der Waals surface area contributed by atoms with E-state index in [4.69, 9.17) is 0 Å². The molecule has 0 saturated carbocycles. The Morgan fingerprint density at radius 1 is 1.18 bits per heavy atom. The average molecular weight is 434 g/mol. The zero-order chi connectivity index (χ0) is 20.0. The van der Waals surface area contributed by atoms with Crippen molar-refractivity contribution in [2.24, 2.45) is 0 Å². The number of hydrogen-bond donors (Lipinski definition) is 2. The summed E-state index contributed by atoms with van der Waals surface area (Å²) in [5, 5.41) is 12.0. The first-order valence-electron chi connectivity index (χ1n) is 9.16. The van der Waals surface area contributed by atoms with Crippen LogP contribution in [0.5, 0.6) is 0 Å². The van der Waals surface area contributed by atoms with Gasteiger partial charge in [-0.2, -0.15) is 4.31 Å². The third-order valence-corrected chi connectivity index (χ3v) is 6.79. The summed E-state index contributed by atoms with van der Waals surface area (Å²) in [7, 11) is -3.54. The minimum absolute atomic E-state index is 0. The summed E-state index contributed by atoms with van der Waals surface area (Å²) in [6, 6.07) is 5.37. The topological polar surface area (TPSA) is 107 Å². The highest BCUT2D eigenvalue weighted by molar-refractivity contribution is 7.89. The first-order valence-corrected chi connectivity index (χ1v) is 10.6. The molecule has 1 saturated heterocycles. The molecule has 1 aliphatic heterocycles. The van der Waals surface area contributed by atoms with Crippen molar-refractivity contribution >= 4 is 40.0 Å². The fourth-order valence-corrected chi connectivity index (χ4v) is 4.73. The fourth-order valence-electron chi connectivity index (χ4n) is 3.27. The number of rotatable bonds is 8. The molecule has 0 aromatic heterocycles. The van der Waals surface area contributed by atoms with E-state index in [0.29, 0.717) is 31.7 Å². The van der Waals surface area contributed by atoms with E-state index in [2.05, 4.69) is 5.32 Å². The van der Waals surface area contributed by atoms with E-state index in [-0.39, 0.29) is 29.8 Å². The van der Waals surface area contributed by atoms with Gasteiger partial charge in [-0.1, -0.05) is 20.3 Å². The fraction of sp³-hybridized carbons (Fsp3) is 0.556. The van der Waals surface area contributed by atoms with Gasteiger partial charge in [0, 0.05) is 18.8 Å². The Morgan fingerprint density at radius 3 is 2.32 bits per heavy atom. The van der Waals surface area contributed by atoms with Crippen LogP contribution in [0.2, 0.25) is 0 Å². The molecular weight excluding hydrogens is 406 g/mol. The standard InChI is InChI=1S/C18H27N3O5S.ClH/c1-3-21(4-2)27(25,26)15-10-8-14(9-11-15)19-17(22)13-20-12-6-5-7-16(20)18(23)24;/h8-11,16H,3-7,12-13H2,1-2H3,(H,19,22)(H,23,24);1H. The van der Waals surface area contributed by atoms with Gasteiger partial charge < -0.3 is 10.4 Å². The van der Waals surface area contributed by atoms with E-state index >= 15 is 0 Å². The molecule has 1 aliphatic rings. The SMILES string of the molecule is CCN(CC)S(=O)(=O)c1ccc(NC(=O)CN2CCCCC2C(=O)O)cc1.Cl. The Labute approximate surface area is 172 Å². The van der Waals surface area contributed by atoms with Gasteiger partial charge in [0.05, 0.1) is 11.4 Å². The van der Waals surface area contributed by atoms with Crippen LogP contribution in [-0.4, -0.2) is 66.8 Å². The molecule has 158 valence electrons. The largest absolute Gasteiger partial charge is 0.480 e. The maximum absolute atomic E-state index is 12.5. The molecule has 1 fully saturated rings. The van der Waals surface area contributed by atoms with Crippen LogP contribution in [-0.2, 0) is 19.6 Å². The van der Waals surface area contributed by atoms with Gasteiger partial charge in [-0.25, -0.2) is 8.42 Å². The minimum Gasteiger partial charge on any atom is -0.480 e. The highest BCUT2D eigenvalue weighted by Crippen LogP contribution is 2.19. The van der Waals surface area contributed by atoms with E-state index in [1.54, 1.807) is 30.9 Å². The van der Waals surface area contributed by atoms with Crippen molar-refractivity contribution in [3.63, 3.8) is 0 Å². The van der Waals surface area contributed by atoms with Gasteiger partial charge in [0.25, 0.3) is 0 Å². The number of aliphatic carboxylic acids is 1. The number of carbonyl (C=O) groups is 2. The number of carboxylic acids is 1. The smallest absolute Gasteiger partial charge is 0.320 e. The van der Waals surface area contributed by atoms with Crippen LogP contribution in [0.3, 0.4) is 0 Å². The zero-order valence-electron chi connectivity index (χ0n) is 16.1. The molecule has 8 nitrogen and oxygen atoms in total. The molecule has 2 rings (SSSR count). The molecule has 0 spiro atoms. The summed E-state index contributed by atoms with van der Waals surface area (Å²) in [5.41, 5.74) is 0.474. The summed E-state index contributed by atoms with van der Waals surface area (Å²) in [6.45, 7) is 4.90. The predicted octanol–water partition coefficient (Wildman–Crippen LogP) is 2.02. The number of carbonyl (C=O) groups excluding carboxylic acids is 1. The van der Waals surface area contributed by atoms with Crippen LogP contribution in [0.4, 0.5) is 5.69 Å². The number of nitrogens with zero attached hydrogens (tertiary/aromatic N) is 2.